The molecule has 0 aromatic heterocycles. The van der Waals surface area contributed by atoms with Crippen molar-refractivity contribution in [3.63, 3.8) is 0 Å². The van der Waals surface area contributed by atoms with Crippen LogP contribution in [-0.2, 0) is 19.1 Å². The zero-order valence-corrected chi connectivity index (χ0v) is 35.6. The summed E-state index contributed by atoms with van der Waals surface area (Å²) in [6.45, 7) is 5.78. The molecule has 0 radical (unpaired) electrons. The topological polar surface area (TPSA) is 52.6 Å². The van der Waals surface area contributed by atoms with Crippen molar-refractivity contribution in [2.75, 3.05) is 24.7 Å². The van der Waals surface area contributed by atoms with Gasteiger partial charge in [-0.3, -0.25) is 9.59 Å². The molecule has 0 aliphatic carbocycles. The standard InChI is InChI=1S/C46H90O4S/c1-3-5-7-9-11-13-15-17-19-21-23-25-29-35-41-49-45(47)39-33-27-31-37-43-51-44-38-32-28-34-40-46(48)50-42-36-30-26-24-22-20-18-16-14-12-10-8-6-4-2/h3-44H2,1-2H3. The van der Waals surface area contributed by atoms with Gasteiger partial charge in [-0.1, -0.05) is 206 Å². The van der Waals surface area contributed by atoms with E-state index in [0.29, 0.717) is 26.1 Å². The monoisotopic (exact) mass is 739 g/mol. The number of carbonyl (C=O) groups is 2. The summed E-state index contributed by atoms with van der Waals surface area (Å²) in [5.74, 6) is 2.43. The fourth-order valence-corrected chi connectivity index (χ4v) is 7.89. The molecule has 304 valence electrons. The largest absolute Gasteiger partial charge is 0.466 e. The maximum atomic E-state index is 12.0. The Morgan fingerprint density at radius 3 is 0.843 bits per heavy atom. The van der Waals surface area contributed by atoms with Gasteiger partial charge in [0.05, 0.1) is 13.2 Å². The molecule has 0 bridgehead atoms. The van der Waals surface area contributed by atoms with Crippen LogP contribution in [0.15, 0.2) is 0 Å². The van der Waals surface area contributed by atoms with E-state index in [-0.39, 0.29) is 11.9 Å². The molecule has 0 atom stereocenters. The number of hydrogen-bond acceptors (Lipinski definition) is 5. The summed E-state index contributed by atoms with van der Waals surface area (Å²) in [6.07, 6.45) is 48.0. The van der Waals surface area contributed by atoms with Crippen molar-refractivity contribution in [3.05, 3.63) is 0 Å². The number of thioether (sulfide) groups is 1. The van der Waals surface area contributed by atoms with E-state index < -0.39 is 0 Å². The smallest absolute Gasteiger partial charge is 0.305 e. The van der Waals surface area contributed by atoms with Gasteiger partial charge in [0.2, 0.25) is 0 Å². The summed E-state index contributed by atoms with van der Waals surface area (Å²) in [7, 11) is 0. The van der Waals surface area contributed by atoms with Gasteiger partial charge in [-0.25, -0.2) is 0 Å². The minimum Gasteiger partial charge on any atom is -0.466 e. The predicted octanol–water partition coefficient (Wildman–Crippen LogP) is 15.7. The molecule has 0 amide bonds. The molecular formula is C46H90O4S. The molecule has 0 saturated carbocycles. The fraction of sp³-hybridized carbons (Fsp3) is 0.957. The molecule has 0 spiro atoms. The van der Waals surface area contributed by atoms with Crippen molar-refractivity contribution in [1.82, 2.24) is 0 Å². The molecule has 0 aromatic rings. The molecule has 0 aliphatic rings. The van der Waals surface area contributed by atoms with Crippen LogP contribution in [0.2, 0.25) is 0 Å². The van der Waals surface area contributed by atoms with E-state index in [1.807, 2.05) is 0 Å². The van der Waals surface area contributed by atoms with E-state index in [2.05, 4.69) is 25.6 Å². The minimum absolute atomic E-state index is 0.00245. The van der Waals surface area contributed by atoms with E-state index in [9.17, 15) is 9.59 Å². The average molecular weight is 739 g/mol. The van der Waals surface area contributed by atoms with Gasteiger partial charge in [0, 0.05) is 12.8 Å². The lowest BCUT2D eigenvalue weighted by molar-refractivity contribution is -0.144. The van der Waals surface area contributed by atoms with Crippen molar-refractivity contribution >= 4 is 23.7 Å². The lowest BCUT2D eigenvalue weighted by atomic mass is 10.0. The Labute approximate surface area is 324 Å². The third-order valence-electron chi connectivity index (χ3n) is 10.4. The first kappa shape index (κ1) is 50.3. The van der Waals surface area contributed by atoms with Crippen molar-refractivity contribution in [2.45, 2.75) is 258 Å². The zero-order valence-electron chi connectivity index (χ0n) is 34.7. The lowest BCUT2D eigenvalue weighted by Gasteiger charge is -2.06. The Balaban J connectivity index is 3.22. The van der Waals surface area contributed by atoms with Crippen LogP contribution >= 0.6 is 11.8 Å². The third-order valence-corrected chi connectivity index (χ3v) is 11.5. The van der Waals surface area contributed by atoms with Crippen molar-refractivity contribution in [2.24, 2.45) is 0 Å². The molecule has 0 saturated heterocycles. The normalized spacial score (nSPS) is 11.3. The second-order valence-electron chi connectivity index (χ2n) is 15.6. The second-order valence-corrected chi connectivity index (χ2v) is 16.8. The first-order valence-corrected chi connectivity index (χ1v) is 24.2. The van der Waals surface area contributed by atoms with Crippen molar-refractivity contribution in [1.29, 1.82) is 0 Å². The summed E-state index contributed by atoms with van der Waals surface area (Å²) >= 11 is 2.05. The van der Waals surface area contributed by atoms with Gasteiger partial charge in [-0.05, 0) is 50.0 Å². The summed E-state index contributed by atoms with van der Waals surface area (Å²) in [5, 5.41) is 0. The predicted molar refractivity (Wildman–Crippen MR) is 226 cm³/mol. The van der Waals surface area contributed by atoms with Gasteiger partial charge in [0.15, 0.2) is 0 Å². The zero-order chi connectivity index (χ0) is 37.0. The Hall–Kier alpha value is -0.710. The lowest BCUT2D eigenvalue weighted by Crippen LogP contribution is -2.05. The first-order valence-electron chi connectivity index (χ1n) is 23.1. The van der Waals surface area contributed by atoms with Crippen molar-refractivity contribution < 1.29 is 19.1 Å². The number of rotatable bonds is 44. The number of unbranched alkanes of at least 4 members (excludes halogenated alkanes) is 32. The van der Waals surface area contributed by atoms with E-state index in [4.69, 9.17) is 9.47 Å². The van der Waals surface area contributed by atoms with Crippen LogP contribution in [0.1, 0.15) is 258 Å². The third kappa shape index (κ3) is 45.4. The van der Waals surface area contributed by atoms with Gasteiger partial charge in [-0.15, -0.1) is 0 Å². The summed E-state index contributed by atoms with van der Waals surface area (Å²) in [4.78, 5) is 24.0. The number of carbonyl (C=O) groups excluding carboxylic acids is 2. The minimum atomic E-state index is -0.00245. The molecule has 0 N–H and O–H groups in total. The van der Waals surface area contributed by atoms with Crippen LogP contribution in [0.5, 0.6) is 0 Å². The summed E-state index contributed by atoms with van der Waals surface area (Å²) in [5.41, 5.74) is 0. The molecule has 4 nitrogen and oxygen atoms in total. The van der Waals surface area contributed by atoms with Crippen molar-refractivity contribution in [3.8, 4) is 0 Å². The highest BCUT2D eigenvalue weighted by molar-refractivity contribution is 7.99. The van der Waals surface area contributed by atoms with Gasteiger partial charge < -0.3 is 9.47 Å². The second kappa shape index (κ2) is 45.4. The Morgan fingerprint density at radius 1 is 0.314 bits per heavy atom. The van der Waals surface area contributed by atoms with Crippen LogP contribution in [-0.4, -0.2) is 36.7 Å². The average Bonchev–Trinajstić information content (AvgIpc) is 3.13. The van der Waals surface area contributed by atoms with E-state index in [1.54, 1.807) is 0 Å². The van der Waals surface area contributed by atoms with Crippen LogP contribution in [0.4, 0.5) is 0 Å². The molecule has 0 rings (SSSR count). The molecule has 0 aliphatic heterocycles. The molecule has 0 unspecified atom stereocenters. The summed E-state index contributed by atoms with van der Waals surface area (Å²) < 4.78 is 10.9. The van der Waals surface area contributed by atoms with E-state index in [0.717, 1.165) is 38.5 Å². The van der Waals surface area contributed by atoms with Crippen LogP contribution < -0.4 is 0 Å². The van der Waals surface area contributed by atoms with E-state index >= 15 is 0 Å². The molecule has 0 heterocycles. The Morgan fingerprint density at radius 2 is 0.549 bits per heavy atom. The van der Waals surface area contributed by atoms with Gasteiger partial charge in [0.1, 0.15) is 0 Å². The number of hydrogen-bond donors (Lipinski definition) is 0. The highest BCUT2D eigenvalue weighted by atomic mass is 32.2. The SMILES string of the molecule is CCCCCCCCCCCCCCCCOC(=O)CCCCCCSCCCCCCC(=O)OCCCCCCCCCCCCCCCC. The highest BCUT2D eigenvalue weighted by Gasteiger charge is 2.04. The maximum absolute atomic E-state index is 12.0. The Kier molecular flexibility index (Phi) is 44.8. The Bertz CT molecular complexity index is 628. The maximum Gasteiger partial charge on any atom is 0.305 e. The van der Waals surface area contributed by atoms with Crippen LogP contribution in [0, 0.1) is 0 Å². The fourth-order valence-electron chi connectivity index (χ4n) is 6.87. The van der Waals surface area contributed by atoms with Gasteiger partial charge in [-0.2, -0.15) is 11.8 Å². The van der Waals surface area contributed by atoms with E-state index in [1.165, 1.54) is 204 Å². The molecule has 0 fully saturated rings. The van der Waals surface area contributed by atoms with Gasteiger partial charge >= 0.3 is 11.9 Å². The highest BCUT2D eigenvalue weighted by Crippen LogP contribution is 2.16. The molecule has 51 heavy (non-hydrogen) atoms. The van der Waals surface area contributed by atoms with Crippen LogP contribution in [0.25, 0.3) is 0 Å². The molecule has 0 aromatic carbocycles. The number of ether oxygens (including phenoxy) is 2. The summed E-state index contributed by atoms with van der Waals surface area (Å²) in [6, 6.07) is 0. The quantitative estimate of drug-likeness (QED) is 0.0460. The molecular weight excluding hydrogens is 649 g/mol. The number of esters is 2. The first-order chi connectivity index (χ1) is 25.2. The van der Waals surface area contributed by atoms with Crippen LogP contribution in [0.3, 0.4) is 0 Å². The van der Waals surface area contributed by atoms with Gasteiger partial charge in [0.25, 0.3) is 0 Å². The molecule has 5 heteroatoms.